The quantitative estimate of drug-likeness (QED) is 0.700. The van der Waals surface area contributed by atoms with Gasteiger partial charge in [0.05, 0.1) is 11.5 Å². The molecule has 0 bridgehead atoms. The second-order valence-electron chi connectivity index (χ2n) is 5.55. The van der Waals surface area contributed by atoms with Crippen molar-refractivity contribution in [2.24, 2.45) is 5.73 Å². The second kappa shape index (κ2) is 4.50. The Labute approximate surface area is 104 Å². The summed E-state index contributed by atoms with van der Waals surface area (Å²) >= 11 is 0. The second-order valence-corrected chi connectivity index (χ2v) is 7.73. The van der Waals surface area contributed by atoms with Crippen LogP contribution in [0, 0.1) is 0 Å². The molecule has 17 heavy (non-hydrogen) atoms. The van der Waals surface area contributed by atoms with Crippen LogP contribution in [0.2, 0.25) is 0 Å². The molecule has 2 unspecified atom stereocenters. The van der Waals surface area contributed by atoms with Crippen molar-refractivity contribution in [2.45, 2.75) is 24.9 Å². The number of hydrogen-bond acceptors (Lipinski definition) is 5. The van der Waals surface area contributed by atoms with Gasteiger partial charge >= 0.3 is 0 Å². The predicted molar refractivity (Wildman–Crippen MR) is 68.7 cm³/mol. The first-order valence-electron chi connectivity index (χ1n) is 6.24. The molecule has 2 rings (SSSR count). The van der Waals surface area contributed by atoms with Gasteiger partial charge in [0.2, 0.25) is 0 Å². The Morgan fingerprint density at radius 1 is 1.41 bits per heavy atom. The maximum atomic E-state index is 11.7. The van der Waals surface area contributed by atoms with E-state index in [-0.39, 0.29) is 11.3 Å². The maximum absolute atomic E-state index is 11.7. The summed E-state index contributed by atoms with van der Waals surface area (Å²) in [6.07, 6.45) is 0.697. The molecule has 0 spiro atoms. The van der Waals surface area contributed by atoms with Gasteiger partial charge in [-0.2, -0.15) is 0 Å². The Balaban J connectivity index is 2.15. The average molecular weight is 261 g/mol. The fourth-order valence-corrected chi connectivity index (χ4v) is 5.02. The Kier molecular flexibility index (Phi) is 3.51. The number of rotatable bonds is 2. The minimum absolute atomic E-state index is 0.243. The molecular formula is C11H23N3O2S. The summed E-state index contributed by atoms with van der Waals surface area (Å²) in [7, 11) is -0.768. The van der Waals surface area contributed by atoms with Crippen LogP contribution in [0.1, 0.15) is 13.3 Å². The predicted octanol–water partition coefficient (Wildman–Crippen LogP) is -0.862. The number of sulfone groups is 1. The molecular weight excluding hydrogens is 238 g/mol. The molecule has 2 aliphatic rings. The van der Waals surface area contributed by atoms with Crippen molar-refractivity contribution in [3.63, 3.8) is 0 Å². The van der Waals surface area contributed by atoms with Gasteiger partial charge < -0.3 is 10.6 Å². The lowest BCUT2D eigenvalue weighted by Crippen LogP contribution is -2.62. The average Bonchev–Trinajstić information content (AvgIpc) is 2.60. The van der Waals surface area contributed by atoms with Crippen molar-refractivity contribution in [3.05, 3.63) is 0 Å². The van der Waals surface area contributed by atoms with E-state index in [1.807, 2.05) is 0 Å². The Bertz CT molecular complexity index is 384. The van der Waals surface area contributed by atoms with Crippen molar-refractivity contribution < 1.29 is 8.42 Å². The van der Waals surface area contributed by atoms with Gasteiger partial charge in [-0.25, -0.2) is 8.42 Å². The largest absolute Gasteiger partial charge is 0.329 e. The van der Waals surface area contributed by atoms with Crippen molar-refractivity contribution in [1.82, 2.24) is 9.80 Å². The number of hydrogen-bond donors (Lipinski definition) is 1. The summed E-state index contributed by atoms with van der Waals surface area (Å²) in [6, 6.07) is 0.468. The lowest BCUT2D eigenvalue weighted by molar-refractivity contribution is 0.0310. The third kappa shape index (κ3) is 2.50. The standard InChI is InChI=1S/C11H23N3O2S/c1-10-7-14(5-4-13(10)2)11(8-12)3-6-17(15,16)9-11/h10H,3-9,12H2,1-2H3. The van der Waals surface area contributed by atoms with E-state index in [0.29, 0.717) is 24.8 Å². The van der Waals surface area contributed by atoms with Gasteiger partial charge in [-0.3, -0.25) is 4.90 Å². The first kappa shape index (κ1) is 13.3. The Morgan fingerprint density at radius 3 is 2.59 bits per heavy atom. The lowest BCUT2D eigenvalue weighted by atomic mass is 9.94. The van der Waals surface area contributed by atoms with E-state index in [2.05, 4.69) is 23.8 Å². The zero-order chi connectivity index (χ0) is 12.7. The van der Waals surface area contributed by atoms with Crippen LogP contribution < -0.4 is 5.73 Å². The minimum atomic E-state index is -2.88. The van der Waals surface area contributed by atoms with E-state index >= 15 is 0 Å². The molecule has 0 aromatic rings. The van der Waals surface area contributed by atoms with Crippen LogP contribution >= 0.6 is 0 Å². The number of nitrogens with two attached hydrogens (primary N) is 1. The molecule has 2 aliphatic heterocycles. The first-order chi connectivity index (χ1) is 7.88. The van der Waals surface area contributed by atoms with Gasteiger partial charge in [-0.1, -0.05) is 0 Å². The zero-order valence-corrected chi connectivity index (χ0v) is 11.5. The maximum Gasteiger partial charge on any atom is 0.152 e. The van der Waals surface area contributed by atoms with E-state index in [1.165, 1.54) is 0 Å². The van der Waals surface area contributed by atoms with Crippen LogP contribution in [-0.2, 0) is 9.84 Å². The summed E-state index contributed by atoms with van der Waals surface area (Å²) in [6.45, 7) is 5.46. The summed E-state index contributed by atoms with van der Waals surface area (Å²) in [5.74, 6) is 0.540. The zero-order valence-electron chi connectivity index (χ0n) is 10.7. The summed E-state index contributed by atoms with van der Waals surface area (Å²) in [5, 5.41) is 0. The van der Waals surface area contributed by atoms with Gasteiger partial charge in [0.25, 0.3) is 0 Å². The molecule has 0 aromatic heterocycles. The Morgan fingerprint density at radius 2 is 2.12 bits per heavy atom. The molecule has 2 atom stereocenters. The monoisotopic (exact) mass is 261 g/mol. The van der Waals surface area contributed by atoms with Gasteiger partial charge in [0.15, 0.2) is 9.84 Å². The van der Waals surface area contributed by atoms with Crippen molar-refractivity contribution >= 4 is 9.84 Å². The van der Waals surface area contributed by atoms with Gasteiger partial charge in [0.1, 0.15) is 0 Å². The molecule has 0 aliphatic carbocycles. The van der Waals surface area contributed by atoms with E-state index in [1.54, 1.807) is 0 Å². The molecule has 2 heterocycles. The van der Waals surface area contributed by atoms with Gasteiger partial charge in [0, 0.05) is 37.8 Å². The van der Waals surface area contributed by atoms with Crippen molar-refractivity contribution in [1.29, 1.82) is 0 Å². The summed E-state index contributed by atoms with van der Waals surface area (Å²) in [4.78, 5) is 4.62. The molecule has 2 saturated heterocycles. The van der Waals surface area contributed by atoms with Crippen molar-refractivity contribution in [3.8, 4) is 0 Å². The SMILES string of the molecule is CC1CN(C2(CN)CCS(=O)(=O)C2)CCN1C. The van der Waals surface area contributed by atoms with Crippen LogP contribution in [0.5, 0.6) is 0 Å². The Hall–Kier alpha value is -0.170. The minimum Gasteiger partial charge on any atom is -0.329 e. The van der Waals surface area contributed by atoms with Gasteiger partial charge in [-0.05, 0) is 20.4 Å². The number of nitrogens with zero attached hydrogens (tertiary/aromatic N) is 2. The van der Waals surface area contributed by atoms with Crippen LogP contribution in [0.15, 0.2) is 0 Å². The molecule has 0 saturated carbocycles. The third-order valence-corrected chi connectivity index (χ3v) is 6.18. The lowest BCUT2D eigenvalue weighted by Gasteiger charge is -2.46. The number of piperazine rings is 1. The molecule has 0 radical (unpaired) electrons. The van der Waals surface area contributed by atoms with E-state index in [0.717, 1.165) is 19.6 Å². The smallest absolute Gasteiger partial charge is 0.152 e. The van der Waals surface area contributed by atoms with Crippen LogP contribution in [-0.4, -0.2) is 74.5 Å². The molecule has 2 fully saturated rings. The molecule has 6 heteroatoms. The third-order valence-electron chi connectivity index (χ3n) is 4.38. The van der Waals surface area contributed by atoms with Gasteiger partial charge in [-0.15, -0.1) is 0 Å². The van der Waals surface area contributed by atoms with Crippen LogP contribution in [0.4, 0.5) is 0 Å². The highest BCUT2D eigenvalue weighted by molar-refractivity contribution is 7.91. The molecule has 100 valence electrons. The highest BCUT2D eigenvalue weighted by atomic mass is 32.2. The van der Waals surface area contributed by atoms with Crippen LogP contribution in [0.25, 0.3) is 0 Å². The first-order valence-corrected chi connectivity index (χ1v) is 8.06. The summed E-state index contributed by atoms with van der Waals surface area (Å²) < 4.78 is 23.4. The van der Waals surface area contributed by atoms with E-state index in [4.69, 9.17) is 5.73 Å². The number of likely N-dealkylation sites (N-methyl/N-ethyl adjacent to an activating group) is 1. The van der Waals surface area contributed by atoms with E-state index in [9.17, 15) is 8.42 Å². The normalized spacial score (nSPS) is 39.6. The fraction of sp³-hybridized carbons (Fsp3) is 1.00. The van der Waals surface area contributed by atoms with Crippen molar-refractivity contribution in [2.75, 3.05) is 44.7 Å². The topological polar surface area (TPSA) is 66.6 Å². The molecule has 0 amide bonds. The molecule has 2 N–H and O–H groups in total. The highest BCUT2D eigenvalue weighted by Gasteiger charge is 2.46. The molecule has 5 nitrogen and oxygen atoms in total. The van der Waals surface area contributed by atoms with Crippen LogP contribution in [0.3, 0.4) is 0 Å². The highest BCUT2D eigenvalue weighted by Crippen LogP contribution is 2.30. The molecule has 0 aromatic carbocycles. The summed E-state index contributed by atoms with van der Waals surface area (Å²) in [5.41, 5.74) is 5.58. The fourth-order valence-electron chi connectivity index (χ4n) is 2.92. The van der Waals surface area contributed by atoms with E-state index < -0.39 is 9.84 Å².